The van der Waals surface area contributed by atoms with Crippen molar-refractivity contribution in [2.45, 2.75) is 0 Å². The molecule has 1 aromatic heterocycles. The summed E-state index contributed by atoms with van der Waals surface area (Å²) in [6, 6.07) is 7.33. The Morgan fingerprint density at radius 3 is 2.88 bits per heavy atom. The zero-order chi connectivity index (χ0) is 12.4. The van der Waals surface area contributed by atoms with Crippen LogP contribution in [0.2, 0.25) is 0 Å². The van der Waals surface area contributed by atoms with Gasteiger partial charge in [-0.05, 0) is 24.1 Å². The van der Waals surface area contributed by atoms with E-state index in [0.29, 0.717) is 16.7 Å². The van der Waals surface area contributed by atoms with Crippen molar-refractivity contribution in [2.24, 2.45) is 0 Å². The third kappa shape index (κ3) is 2.37. The molecular weight excluding hydrogens is 220 g/mol. The van der Waals surface area contributed by atoms with Gasteiger partial charge in [0.1, 0.15) is 0 Å². The Morgan fingerprint density at radius 2 is 2.18 bits per heavy atom. The van der Waals surface area contributed by atoms with Gasteiger partial charge in [-0.15, -0.1) is 0 Å². The predicted molar refractivity (Wildman–Crippen MR) is 62.6 cm³/mol. The van der Waals surface area contributed by atoms with Gasteiger partial charge in [0.2, 0.25) is 5.78 Å². The number of ketones is 1. The van der Waals surface area contributed by atoms with Crippen LogP contribution in [0.1, 0.15) is 10.4 Å². The number of carbonyl (C=O) groups is 1. The second-order valence-corrected chi connectivity index (χ2v) is 3.69. The Morgan fingerprint density at radius 1 is 1.41 bits per heavy atom. The first-order valence-corrected chi connectivity index (χ1v) is 4.92. The molecular formula is C12H10N2O3. The normalized spacial score (nSPS) is 9.76. The maximum atomic E-state index is 11.7. The molecule has 0 aliphatic heterocycles. The minimum atomic E-state index is -0.538. The van der Waals surface area contributed by atoms with E-state index in [9.17, 15) is 9.59 Å². The number of benzene rings is 1. The number of fused-ring (bicyclic) bond motifs is 1. The van der Waals surface area contributed by atoms with Crippen molar-refractivity contribution >= 4 is 16.9 Å². The van der Waals surface area contributed by atoms with Crippen molar-refractivity contribution in [1.29, 1.82) is 0 Å². The first-order chi connectivity index (χ1) is 8.06. The third-order valence-electron chi connectivity index (χ3n) is 2.07. The van der Waals surface area contributed by atoms with Gasteiger partial charge < -0.3 is 9.32 Å². The lowest BCUT2D eigenvalue weighted by Crippen LogP contribution is -2.03. The molecule has 0 aliphatic carbocycles. The molecule has 0 saturated heterocycles. The van der Waals surface area contributed by atoms with Gasteiger partial charge in [0.05, 0.1) is 5.52 Å². The maximum absolute atomic E-state index is 11.7. The Hall–Kier alpha value is -2.48. The predicted octanol–water partition coefficient (Wildman–Crippen LogP) is 0.826. The number of H-pyrrole nitrogens is 1. The van der Waals surface area contributed by atoms with Gasteiger partial charge in [0, 0.05) is 25.7 Å². The number of rotatable bonds is 1. The molecule has 17 heavy (non-hydrogen) atoms. The lowest BCUT2D eigenvalue weighted by atomic mass is 10.1. The summed E-state index contributed by atoms with van der Waals surface area (Å²) in [5.74, 6) is 1.64. The van der Waals surface area contributed by atoms with Crippen LogP contribution in [0.4, 0.5) is 0 Å². The summed E-state index contributed by atoms with van der Waals surface area (Å²) in [5, 5.41) is 0. The number of hydrogen-bond donors (Lipinski definition) is 1. The number of nitrogens with zero attached hydrogens (tertiary/aromatic N) is 1. The van der Waals surface area contributed by atoms with Crippen LogP contribution in [0.5, 0.6) is 0 Å². The molecule has 0 radical (unpaired) electrons. The molecule has 0 amide bonds. The van der Waals surface area contributed by atoms with E-state index in [-0.39, 0.29) is 5.78 Å². The fourth-order valence-corrected chi connectivity index (χ4v) is 1.33. The molecule has 5 nitrogen and oxygen atoms in total. The highest BCUT2D eigenvalue weighted by molar-refractivity contribution is 6.10. The second kappa shape index (κ2) is 4.18. The van der Waals surface area contributed by atoms with Crippen molar-refractivity contribution < 1.29 is 9.21 Å². The molecule has 1 N–H and O–H groups in total. The van der Waals surface area contributed by atoms with E-state index in [4.69, 9.17) is 4.42 Å². The van der Waals surface area contributed by atoms with Crippen molar-refractivity contribution in [1.82, 2.24) is 9.88 Å². The van der Waals surface area contributed by atoms with Crippen molar-refractivity contribution in [3.63, 3.8) is 0 Å². The fourth-order valence-electron chi connectivity index (χ4n) is 1.33. The lowest BCUT2D eigenvalue weighted by molar-refractivity contribution is 0.105. The van der Waals surface area contributed by atoms with E-state index in [1.807, 2.05) is 0 Å². The van der Waals surface area contributed by atoms with Crippen LogP contribution in [0.3, 0.4) is 0 Å². The van der Waals surface area contributed by atoms with Crippen LogP contribution >= 0.6 is 0 Å². The quantitative estimate of drug-likeness (QED) is 0.447. The second-order valence-electron chi connectivity index (χ2n) is 3.69. The molecule has 0 atom stereocenters. The Kier molecular flexibility index (Phi) is 2.71. The molecule has 5 heteroatoms. The van der Waals surface area contributed by atoms with Crippen LogP contribution in [0.15, 0.2) is 27.4 Å². The highest BCUT2D eigenvalue weighted by atomic mass is 16.4. The lowest BCUT2D eigenvalue weighted by Gasteiger charge is -1.97. The van der Waals surface area contributed by atoms with Gasteiger partial charge in [-0.25, -0.2) is 4.79 Å². The number of Topliss-reactive ketones (excluding diaryl/α,β-unsaturated/α-hetero) is 1. The van der Waals surface area contributed by atoms with Crippen molar-refractivity contribution in [2.75, 3.05) is 14.1 Å². The monoisotopic (exact) mass is 230 g/mol. The standard InChI is InChI=1S/C12H10N2O3/c1-14(2)6-5-10(15)8-3-4-11-9(7-8)13-12(16)17-11/h3-4,7H,1-2H3,(H,13,16). The number of carbonyl (C=O) groups excluding carboxylic acids is 1. The highest BCUT2D eigenvalue weighted by Gasteiger charge is 2.06. The first kappa shape index (κ1) is 11.0. The van der Waals surface area contributed by atoms with Gasteiger partial charge in [0.25, 0.3) is 0 Å². The van der Waals surface area contributed by atoms with E-state index in [1.54, 1.807) is 37.2 Å². The van der Waals surface area contributed by atoms with Gasteiger partial charge >= 0.3 is 5.76 Å². The first-order valence-electron chi connectivity index (χ1n) is 4.92. The number of oxazole rings is 1. The molecule has 0 saturated carbocycles. The number of hydrogen-bond acceptors (Lipinski definition) is 4. The summed E-state index contributed by atoms with van der Waals surface area (Å²) in [7, 11) is 3.49. The third-order valence-corrected chi connectivity index (χ3v) is 2.07. The van der Waals surface area contributed by atoms with Gasteiger partial charge in [-0.3, -0.25) is 9.78 Å². The summed E-state index contributed by atoms with van der Waals surface area (Å²) < 4.78 is 4.83. The number of nitrogens with one attached hydrogen (secondary N) is 1. The number of aromatic nitrogens is 1. The van der Waals surface area contributed by atoms with E-state index in [1.165, 1.54) is 0 Å². The summed E-state index contributed by atoms with van der Waals surface area (Å²) >= 11 is 0. The van der Waals surface area contributed by atoms with E-state index in [2.05, 4.69) is 16.9 Å². The van der Waals surface area contributed by atoms with Crippen LogP contribution in [0, 0.1) is 12.0 Å². The minimum absolute atomic E-state index is 0.303. The zero-order valence-electron chi connectivity index (χ0n) is 9.40. The molecule has 0 unspecified atom stereocenters. The molecule has 0 fully saturated rings. The summed E-state index contributed by atoms with van der Waals surface area (Å²) in [4.78, 5) is 26.7. The van der Waals surface area contributed by atoms with E-state index >= 15 is 0 Å². The largest absolute Gasteiger partial charge is 0.417 e. The Labute approximate surface area is 97.0 Å². The average molecular weight is 230 g/mol. The topological polar surface area (TPSA) is 66.3 Å². The fraction of sp³-hybridized carbons (Fsp3) is 0.167. The molecule has 0 aliphatic rings. The molecule has 0 spiro atoms. The molecule has 86 valence electrons. The molecule has 2 rings (SSSR count). The van der Waals surface area contributed by atoms with Crippen LogP contribution in [-0.4, -0.2) is 29.8 Å². The Bertz CT molecular complexity index is 683. The van der Waals surface area contributed by atoms with E-state index < -0.39 is 5.76 Å². The highest BCUT2D eigenvalue weighted by Crippen LogP contribution is 2.12. The van der Waals surface area contributed by atoms with Crippen molar-refractivity contribution in [3.8, 4) is 12.0 Å². The maximum Gasteiger partial charge on any atom is 0.417 e. The van der Waals surface area contributed by atoms with Crippen LogP contribution < -0.4 is 5.76 Å². The zero-order valence-corrected chi connectivity index (χ0v) is 9.40. The SMILES string of the molecule is CN(C)C#CC(=O)c1ccc2oc(=O)[nH]c2c1. The molecule has 1 heterocycles. The van der Waals surface area contributed by atoms with E-state index in [0.717, 1.165) is 0 Å². The summed E-state index contributed by atoms with van der Waals surface area (Å²) in [6.07, 6.45) is 0. The van der Waals surface area contributed by atoms with Gasteiger partial charge in [0.15, 0.2) is 5.58 Å². The van der Waals surface area contributed by atoms with Gasteiger partial charge in [-0.2, -0.15) is 0 Å². The minimum Gasteiger partial charge on any atom is -0.408 e. The van der Waals surface area contributed by atoms with Crippen LogP contribution in [-0.2, 0) is 0 Å². The summed E-state index contributed by atoms with van der Waals surface area (Å²) in [6.45, 7) is 0. The summed E-state index contributed by atoms with van der Waals surface area (Å²) in [5.41, 5.74) is 1.34. The molecule has 2 aromatic rings. The van der Waals surface area contributed by atoms with Crippen LogP contribution in [0.25, 0.3) is 11.1 Å². The average Bonchev–Trinajstić information content (AvgIpc) is 2.64. The molecule has 0 bridgehead atoms. The smallest absolute Gasteiger partial charge is 0.408 e. The number of aromatic amines is 1. The van der Waals surface area contributed by atoms with Crippen molar-refractivity contribution in [3.05, 3.63) is 34.3 Å². The Balaban J connectivity index is 2.40. The van der Waals surface area contributed by atoms with Gasteiger partial charge in [-0.1, -0.05) is 0 Å². The molecule has 1 aromatic carbocycles.